The predicted octanol–water partition coefficient (Wildman–Crippen LogP) is 5.82. The molecule has 1 atom stereocenters. The summed E-state index contributed by atoms with van der Waals surface area (Å²) in [7, 11) is -0.967. The van der Waals surface area contributed by atoms with Gasteiger partial charge in [0.05, 0.1) is 38.2 Å². The molecule has 0 fully saturated rings. The van der Waals surface area contributed by atoms with Crippen LogP contribution in [0.2, 0.25) is 5.02 Å². The molecule has 2 aromatic carbocycles. The Bertz CT molecular complexity index is 1050. The highest BCUT2D eigenvalue weighted by Gasteiger charge is 2.31. The highest BCUT2D eigenvalue weighted by Crippen LogP contribution is 2.31. The summed E-state index contributed by atoms with van der Waals surface area (Å²) in [5.74, 6) is -0.351. The molecule has 0 heterocycles. The number of nitrogens with zero attached hydrogens (tertiary/aromatic N) is 3. The summed E-state index contributed by atoms with van der Waals surface area (Å²) >= 11 is 6.31. The lowest BCUT2D eigenvalue weighted by atomic mass is 10.2. The summed E-state index contributed by atoms with van der Waals surface area (Å²) in [6.45, 7) is 4.52. The van der Waals surface area contributed by atoms with Crippen molar-refractivity contribution in [2.24, 2.45) is 9.36 Å². The van der Waals surface area contributed by atoms with Crippen molar-refractivity contribution in [3.05, 3.63) is 52.5 Å². The van der Waals surface area contributed by atoms with E-state index in [0.29, 0.717) is 26.7 Å². The number of rotatable bonds is 7. The van der Waals surface area contributed by atoms with Crippen LogP contribution in [-0.2, 0) is 16.3 Å². The number of ether oxygens (including phenoxy) is 1. The number of aliphatic imine (C=N–C) groups is 1. The van der Waals surface area contributed by atoms with Gasteiger partial charge in [-0.25, -0.2) is 13.6 Å². The summed E-state index contributed by atoms with van der Waals surface area (Å²) < 4.78 is 58.5. The molecule has 0 aliphatic heterocycles. The second-order valence-electron chi connectivity index (χ2n) is 6.67. The van der Waals surface area contributed by atoms with E-state index in [-0.39, 0.29) is 12.3 Å². The van der Waals surface area contributed by atoms with Crippen LogP contribution in [0.3, 0.4) is 0 Å². The minimum Gasteiger partial charge on any atom is -0.406 e. The van der Waals surface area contributed by atoms with Crippen LogP contribution in [0.5, 0.6) is 5.75 Å². The van der Waals surface area contributed by atoms with Crippen molar-refractivity contribution in [2.75, 3.05) is 19.8 Å². The molecule has 0 radical (unpaired) electrons. The first kappa shape index (κ1) is 24.0. The Kier molecular flexibility index (Phi) is 7.76. The SMILES string of the molecule is CCN(C)C=Nc1cc(C)c(S(C)(=O)=NCc2cccc(OC(F)(F)F)c2)cc1Cl. The fourth-order valence-corrected chi connectivity index (χ4v) is 4.31. The fourth-order valence-electron chi connectivity index (χ4n) is 2.51. The van der Waals surface area contributed by atoms with Crippen molar-refractivity contribution < 1.29 is 22.1 Å². The maximum atomic E-state index is 13.2. The molecular weight excluding hydrogens is 439 g/mol. The first-order chi connectivity index (χ1) is 13.9. The second kappa shape index (κ2) is 9.70. The molecule has 30 heavy (non-hydrogen) atoms. The van der Waals surface area contributed by atoms with Gasteiger partial charge in [0.2, 0.25) is 0 Å². The molecule has 0 saturated heterocycles. The molecule has 164 valence electrons. The van der Waals surface area contributed by atoms with E-state index in [4.69, 9.17) is 11.6 Å². The Morgan fingerprint density at radius 1 is 1.27 bits per heavy atom. The van der Waals surface area contributed by atoms with Crippen molar-refractivity contribution in [2.45, 2.75) is 31.7 Å². The molecule has 10 heteroatoms. The molecule has 0 aromatic heterocycles. The van der Waals surface area contributed by atoms with Gasteiger partial charge in [-0.1, -0.05) is 23.7 Å². The van der Waals surface area contributed by atoms with Crippen molar-refractivity contribution >= 4 is 33.4 Å². The first-order valence-electron chi connectivity index (χ1n) is 8.98. The van der Waals surface area contributed by atoms with E-state index >= 15 is 0 Å². The quantitative estimate of drug-likeness (QED) is 0.386. The molecular formula is C20H23ClF3N3O2S. The molecule has 1 unspecified atom stereocenters. The molecule has 0 aliphatic carbocycles. The maximum Gasteiger partial charge on any atom is 0.573 e. The average molecular weight is 462 g/mol. The monoisotopic (exact) mass is 461 g/mol. The van der Waals surface area contributed by atoms with Crippen molar-refractivity contribution in [1.29, 1.82) is 0 Å². The number of aryl methyl sites for hydroxylation is 1. The molecule has 0 bridgehead atoms. The standard InChI is InChI=1S/C20H23ClF3N3O2S/c1-5-27(3)13-25-18-9-14(2)19(11-17(18)21)30(4,28)26-12-15-7-6-8-16(10-15)29-20(22,23)24/h6-11,13H,5,12H2,1-4H3. The lowest BCUT2D eigenvalue weighted by Gasteiger charge is -2.13. The Hall–Kier alpha value is -2.26. The van der Waals surface area contributed by atoms with Gasteiger partial charge >= 0.3 is 6.36 Å². The van der Waals surface area contributed by atoms with Gasteiger partial charge in [-0.05, 0) is 49.2 Å². The number of hydrogen-bond donors (Lipinski definition) is 0. The van der Waals surface area contributed by atoms with Crippen molar-refractivity contribution in [3.63, 3.8) is 0 Å². The van der Waals surface area contributed by atoms with E-state index in [1.807, 2.05) is 18.9 Å². The van der Waals surface area contributed by atoms with Crippen LogP contribution in [0, 0.1) is 6.92 Å². The molecule has 2 aromatic rings. The van der Waals surface area contributed by atoms with Gasteiger partial charge in [-0.3, -0.25) is 0 Å². The van der Waals surface area contributed by atoms with E-state index in [1.54, 1.807) is 31.5 Å². The first-order valence-corrected chi connectivity index (χ1v) is 11.3. The lowest BCUT2D eigenvalue weighted by molar-refractivity contribution is -0.274. The minimum absolute atomic E-state index is 0.0390. The summed E-state index contributed by atoms with van der Waals surface area (Å²) in [6.07, 6.45) is -1.66. The zero-order valence-corrected chi connectivity index (χ0v) is 18.6. The van der Waals surface area contributed by atoms with Gasteiger partial charge < -0.3 is 9.64 Å². The number of hydrogen-bond acceptors (Lipinski definition) is 4. The third-order valence-electron chi connectivity index (χ3n) is 4.17. The summed E-state index contributed by atoms with van der Waals surface area (Å²) in [5, 5.41) is 0.335. The Morgan fingerprint density at radius 3 is 2.60 bits per heavy atom. The Labute approximate surface area is 179 Å². The van der Waals surface area contributed by atoms with Gasteiger partial charge in [-0.15, -0.1) is 13.2 Å². The van der Waals surface area contributed by atoms with Crippen LogP contribution in [0.1, 0.15) is 18.1 Å². The number of halogens is 4. The normalized spacial score (nSPS) is 13.9. The third kappa shape index (κ3) is 6.91. The van der Waals surface area contributed by atoms with E-state index in [9.17, 15) is 17.4 Å². The van der Waals surface area contributed by atoms with Crippen LogP contribution in [-0.4, -0.2) is 41.7 Å². The number of benzene rings is 2. The second-order valence-corrected chi connectivity index (χ2v) is 9.38. The van der Waals surface area contributed by atoms with E-state index < -0.39 is 16.1 Å². The zero-order chi connectivity index (χ0) is 22.5. The van der Waals surface area contributed by atoms with Gasteiger partial charge in [-0.2, -0.15) is 0 Å². The average Bonchev–Trinajstić information content (AvgIpc) is 2.65. The number of alkyl halides is 3. The van der Waals surface area contributed by atoms with Gasteiger partial charge in [0.1, 0.15) is 5.75 Å². The van der Waals surface area contributed by atoms with Crippen LogP contribution >= 0.6 is 11.6 Å². The summed E-state index contributed by atoms with van der Waals surface area (Å²) in [5.41, 5.74) is 1.69. The highest BCUT2D eigenvalue weighted by molar-refractivity contribution is 7.93. The lowest BCUT2D eigenvalue weighted by Crippen LogP contribution is -2.17. The molecule has 5 nitrogen and oxygen atoms in total. The molecule has 0 spiro atoms. The van der Waals surface area contributed by atoms with Crippen LogP contribution < -0.4 is 4.74 Å². The third-order valence-corrected chi connectivity index (χ3v) is 6.35. The largest absolute Gasteiger partial charge is 0.573 e. The zero-order valence-electron chi connectivity index (χ0n) is 17.0. The fraction of sp³-hybridized carbons (Fsp3) is 0.350. The predicted molar refractivity (Wildman–Crippen MR) is 114 cm³/mol. The highest BCUT2D eigenvalue weighted by atomic mass is 35.5. The van der Waals surface area contributed by atoms with Crippen LogP contribution in [0.4, 0.5) is 18.9 Å². The molecule has 0 saturated carbocycles. The molecule has 0 N–H and O–H groups in total. The van der Waals surface area contributed by atoms with E-state index in [0.717, 1.165) is 6.54 Å². The minimum atomic E-state index is -4.78. The van der Waals surface area contributed by atoms with Gasteiger partial charge in [0.15, 0.2) is 0 Å². The van der Waals surface area contributed by atoms with Gasteiger partial charge in [0.25, 0.3) is 0 Å². The molecule has 0 aliphatic rings. The smallest absolute Gasteiger partial charge is 0.406 e. The summed E-state index contributed by atoms with van der Waals surface area (Å²) in [6, 6.07) is 8.72. The Morgan fingerprint density at radius 2 is 1.97 bits per heavy atom. The maximum absolute atomic E-state index is 13.2. The van der Waals surface area contributed by atoms with E-state index in [2.05, 4.69) is 14.1 Å². The van der Waals surface area contributed by atoms with E-state index in [1.165, 1.54) is 24.5 Å². The Balaban J connectivity index is 2.30. The molecule has 2 rings (SSSR count). The van der Waals surface area contributed by atoms with Gasteiger partial charge in [0, 0.05) is 19.8 Å². The van der Waals surface area contributed by atoms with Crippen molar-refractivity contribution in [3.8, 4) is 5.75 Å². The van der Waals surface area contributed by atoms with Crippen LogP contribution in [0.25, 0.3) is 0 Å². The summed E-state index contributed by atoms with van der Waals surface area (Å²) in [4.78, 5) is 6.67. The van der Waals surface area contributed by atoms with Crippen LogP contribution in [0.15, 0.2) is 50.6 Å². The molecule has 0 amide bonds. The topological polar surface area (TPSA) is 54.3 Å². The van der Waals surface area contributed by atoms with Crippen molar-refractivity contribution in [1.82, 2.24) is 4.90 Å².